The third kappa shape index (κ3) is 3.32. The van der Waals surface area contributed by atoms with E-state index in [0.717, 1.165) is 5.56 Å². The molecule has 1 heterocycles. The van der Waals surface area contributed by atoms with Crippen molar-refractivity contribution in [2.75, 3.05) is 5.01 Å². The Morgan fingerprint density at radius 2 is 1.85 bits per heavy atom. The summed E-state index contributed by atoms with van der Waals surface area (Å²) in [6.45, 7) is 0. The molecule has 1 aromatic carbocycles. The van der Waals surface area contributed by atoms with Gasteiger partial charge in [-0.05, 0) is 5.56 Å². The van der Waals surface area contributed by atoms with Crippen molar-refractivity contribution in [3.63, 3.8) is 0 Å². The Kier molecular flexibility index (Phi) is 3.70. The first-order valence-electron chi connectivity index (χ1n) is 5.49. The molecular weight excluding hydrogens is 275 g/mol. The van der Waals surface area contributed by atoms with E-state index in [-0.39, 0.29) is 12.2 Å². The van der Waals surface area contributed by atoms with Crippen LogP contribution in [0.3, 0.4) is 0 Å². The zero-order valence-corrected chi connectivity index (χ0v) is 10.1. The van der Waals surface area contributed by atoms with Crippen LogP contribution in [0.25, 0.3) is 0 Å². The van der Waals surface area contributed by atoms with Gasteiger partial charge in [-0.2, -0.15) is 15.0 Å². The molecule has 3 N–H and O–H groups in total. The third-order valence-electron chi connectivity index (χ3n) is 2.39. The number of rotatable bonds is 3. The standard InChI is InChI=1S/C11H10F3N5O/c12-11(13,14)19(15)9-16-8(17-10(20)18-9)6-7-4-2-1-3-5-7/h1-5H,6,15H2,(H,16,17,18,20). The van der Waals surface area contributed by atoms with Crippen molar-refractivity contribution in [1.29, 1.82) is 0 Å². The molecular formula is C11H10F3N5O. The summed E-state index contributed by atoms with van der Waals surface area (Å²) in [5, 5.41) is -0.600. The van der Waals surface area contributed by atoms with Crippen LogP contribution in [0.2, 0.25) is 0 Å². The van der Waals surface area contributed by atoms with Crippen LogP contribution in [-0.4, -0.2) is 21.3 Å². The summed E-state index contributed by atoms with van der Waals surface area (Å²) in [4.78, 5) is 20.3. The summed E-state index contributed by atoms with van der Waals surface area (Å²) in [6, 6.07) is 8.83. The van der Waals surface area contributed by atoms with E-state index in [1.807, 2.05) is 0 Å². The molecule has 0 saturated heterocycles. The monoisotopic (exact) mass is 285 g/mol. The van der Waals surface area contributed by atoms with Gasteiger partial charge in [0.25, 0.3) is 5.95 Å². The molecule has 0 unspecified atom stereocenters. The van der Waals surface area contributed by atoms with Crippen molar-refractivity contribution in [2.45, 2.75) is 12.7 Å². The molecule has 0 atom stereocenters. The molecule has 0 bridgehead atoms. The Morgan fingerprint density at radius 1 is 1.20 bits per heavy atom. The van der Waals surface area contributed by atoms with Gasteiger partial charge < -0.3 is 0 Å². The van der Waals surface area contributed by atoms with E-state index in [9.17, 15) is 18.0 Å². The molecule has 9 heteroatoms. The number of hydrazine groups is 1. The first-order valence-corrected chi connectivity index (χ1v) is 5.49. The molecule has 6 nitrogen and oxygen atoms in total. The largest absolute Gasteiger partial charge is 0.501 e. The number of aromatic nitrogens is 3. The number of H-pyrrole nitrogens is 1. The van der Waals surface area contributed by atoms with Gasteiger partial charge in [-0.1, -0.05) is 30.3 Å². The zero-order chi connectivity index (χ0) is 14.8. The van der Waals surface area contributed by atoms with E-state index >= 15 is 0 Å². The SMILES string of the molecule is NN(c1nc(Cc2ccccc2)[nH]c(=O)n1)C(F)(F)F. The Bertz CT molecular complexity index is 640. The predicted octanol–water partition coefficient (Wildman–Crippen LogP) is 0.956. The van der Waals surface area contributed by atoms with Gasteiger partial charge in [0.05, 0.1) is 0 Å². The average Bonchev–Trinajstić information content (AvgIpc) is 2.37. The Hall–Kier alpha value is -2.42. The number of nitrogens with zero attached hydrogens (tertiary/aromatic N) is 3. The number of alkyl halides is 3. The summed E-state index contributed by atoms with van der Waals surface area (Å²) in [5.74, 6) is 3.98. The molecule has 20 heavy (non-hydrogen) atoms. The predicted molar refractivity (Wildman–Crippen MR) is 64.6 cm³/mol. The molecule has 1 aromatic heterocycles. The molecule has 0 fully saturated rings. The Labute approximate surface area is 111 Å². The fraction of sp³-hybridized carbons (Fsp3) is 0.182. The van der Waals surface area contributed by atoms with Crippen molar-refractivity contribution in [3.05, 3.63) is 52.2 Å². The van der Waals surface area contributed by atoms with Gasteiger partial charge in [-0.25, -0.2) is 10.6 Å². The van der Waals surface area contributed by atoms with Gasteiger partial charge in [0.1, 0.15) is 5.82 Å². The first kappa shape index (κ1) is 14.0. The smallest absolute Gasteiger partial charge is 0.293 e. The lowest BCUT2D eigenvalue weighted by atomic mass is 10.1. The van der Waals surface area contributed by atoms with Gasteiger partial charge in [-0.15, -0.1) is 13.2 Å². The molecule has 2 aromatic rings. The second-order valence-corrected chi connectivity index (χ2v) is 3.90. The van der Waals surface area contributed by atoms with Crippen LogP contribution in [0.1, 0.15) is 11.4 Å². The van der Waals surface area contributed by atoms with E-state index < -0.39 is 22.9 Å². The second-order valence-electron chi connectivity index (χ2n) is 3.90. The Morgan fingerprint density at radius 3 is 2.45 bits per heavy atom. The van der Waals surface area contributed by atoms with Gasteiger partial charge in [0, 0.05) is 6.42 Å². The van der Waals surface area contributed by atoms with E-state index in [2.05, 4.69) is 15.0 Å². The van der Waals surface area contributed by atoms with Gasteiger partial charge in [0.15, 0.2) is 0 Å². The maximum atomic E-state index is 12.4. The van der Waals surface area contributed by atoms with Crippen LogP contribution in [-0.2, 0) is 6.42 Å². The molecule has 0 radical (unpaired) electrons. The van der Waals surface area contributed by atoms with Crippen molar-refractivity contribution in [3.8, 4) is 0 Å². The number of anilines is 1. The molecule has 0 spiro atoms. The fourth-order valence-corrected chi connectivity index (χ4v) is 1.51. The zero-order valence-electron chi connectivity index (χ0n) is 10.1. The summed E-state index contributed by atoms with van der Waals surface area (Å²) in [5.41, 5.74) is -0.163. The van der Waals surface area contributed by atoms with Crippen molar-refractivity contribution in [1.82, 2.24) is 15.0 Å². The maximum Gasteiger partial charge on any atom is 0.501 e. The molecule has 106 valence electrons. The van der Waals surface area contributed by atoms with E-state index in [1.54, 1.807) is 30.3 Å². The number of halogens is 3. The number of hydrogen-bond acceptors (Lipinski definition) is 5. The van der Waals surface area contributed by atoms with Crippen LogP contribution in [0.4, 0.5) is 19.1 Å². The Balaban J connectivity index is 2.32. The van der Waals surface area contributed by atoms with Crippen LogP contribution in [0.5, 0.6) is 0 Å². The number of aromatic amines is 1. The molecule has 0 amide bonds. The fourth-order valence-electron chi connectivity index (χ4n) is 1.51. The van der Waals surface area contributed by atoms with Crippen molar-refractivity contribution < 1.29 is 13.2 Å². The van der Waals surface area contributed by atoms with Crippen LogP contribution >= 0.6 is 0 Å². The molecule has 0 aliphatic heterocycles. The molecule has 0 saturated carbocycles. The number of hydrogen-bond donors (Lipinski definition) is 2. The molecule has 0 aliphatic carbocycles. The number of nitrogens with one attached hydrogen (secondary N) is 1. The average molecular weight is 285 g/mol. The van der Waals surface area contributed by atoms with Crippen molar-refractivity contribution in [2.24, 2.45) is 5.84 Å². The number of benzene rings is 1. The first-order chi connectivity index (χ1) is 9.36. The minimum atomic E-state index is -4.86. The lowest BCUT2D eigenvalue weighted by Crippen LogP contribution is -2.46. The summed E-state index contributed by atoms with van der Waals surface area (Å²) in [6.07, 6.45) is -4.70. The van der Waals surface area contributed by atoms with Gasteiger partial charge in [0.2, 0.25) is 0 Å². The molecule has 2 rings (SSSR count). The summed E-state index contributed by atoms with van der Waals surface area (Å²) in [7, 11) is 0. The normalized spacial score (nSPS) is 11.4. The highest BCUT2D eigenvalue weighted by Gasteiger charge is 2.37. The van der Waals surface area contributed by atoms with Gasteiger partial charge in [-0.3, -0.25) is 4.98 Å². The highest BCUT2D eigenvalue weighted by molar-refractivity contribution is 5.28. The maximum absolute atomic E-state index is 12.4. The minimum absolute atomic E-state index is 0.0471. The minimum Gasteiger partial charge on any atom is -0.293 e. The van der Waals surface area contributed by atoms with Crippen LogP contribution in [0, 0.1) is 0 Å². The lowest BCUT2D eigenvalue weighted by Gasteiger charge is -2.18. The van der Waals surface area contributed by atoms with Crippen LogP contribution in [0.15, 0.2) is 35.1 Å². The quantitative estimate of drug-likeness (QED) is 0.498. The van der Waals surface area contributed by atoms with Crippen LogP contribution < -0.4 is 16.5 Å². The lowest BCUT2D eigenvalue weighted by molar-refractivity contribution is -0.130. The summed E-state index contributed by atoms with van der Waals surface area (Å²) < 4.78 is 37.3. The third-order valence-corrected chi connectivity index (χ3v) is 2.39. The van der Waals surface area contributed by atoms with E-state index in [4.69, 9.17) is 5.84 Å². The number of nitrogens with two attached hydrogens (primary N) is 1. The highest BCUT2D eigenvalue weighted by Crippen LogP contribution is 2.21. The van der Waals surface area contributed by atoms with E-state index in [1.165, 1.54) is 0 Å². The van der Waals surface area contributed by atoms with E-state index in [0.29, 0.717) is 0 Å². The highest BCUT2D eigenvalue weighted by atomic mass is 19.4. The second kappa shape index (κ2) is 5.29. The van der Waals surface area contributed by atoms with Crippen molar-refractivity contribution >= 4 is 5.95 Å². The van der Waals surface area contributed by atoms with Gasteiger partial charge >= 0.3 is 12.0 Å². The summed E-state index contributed by atoms with van der Waals surface area (Å²) >= 11 is 0. The molecule has 0 aliphatic rings. The topological polar surface area (TPSA) is 87.9 Å².